The molecule has 2 fully saturated rings. The predicted octanol–water partition coefficient (Wildman–Crippen LogP) is 2.83. The van der Waals surface area contributed by atoms with Gasteiger partial charge in [-0.2, -0.15) is 0 Å². The average Bonchev–Trinajstić information content (AvgIpc) is 1.53. The van der Waals surface area contributed by atoms with E-state index in [1.165, 1.54) is 18.8 Å². The summed E-state index contributed by atoms with van der Waals surface area (Å²) in [6.07, 6.45) is -2.88. The standard InChI is InChI=1S/C62H92N13O14P/c1-29-20-39-40(21-30(29)2)75(28-70-39)57-52(84)53(41(27-76)87-57)89-90(85,86)88-31(3)26-69-49(83)18-19-59(8)37(22-46(66)80)56-62(11)61(10,25-48(68)82)36(14-17-45(65)79)51(74-62)33(5)55-60(9,24-47(67)81)34(12-15-43(63)77)38(71-55)23-42-58(6,7)35(13-16-44(64)78)50(72-42)32(4)54(59)73-56/h23,28,31,34-37,41,52-53,56-57,71,76,84H,12-22,24-27H2,1-11H3,(H2,63,77)(H2,64,78)(H2,65,79)(H2,66,80)(H2,67,81)(H2,68,82)(H,69,83)(H,85,86)/b38-23-,50-32-,55-33?/t31?,34-,35-,36-,37+,41+,52+,53+,56-,57-,59-,60+,61+,62+/m1/s1. The van der Waals surface area contributed by atoms with Gasteiger partial charge in [-0.3, -0.25) is 57.6 Å². The average molecular weight is 1270 g/mol. The van der Waals surface area contributed by atoms with Crippen LogP contribution in [0.1, 0.15) is 164 Å². The van der Waals surface area contributed by atoms with Crippen molar-refractivity contribution in [2.45, 2.75) is 202 Å². The van der Waals surface area contributed by atoms with Crippen molar-refractivity contribution < 1.29 is 67.0 Å². The quantitative estimate of drug-likeness (QED) is 0.0469. The number of ether oxygens (including phenoxy) is 1. The van der Waals surface area contributed by atoms with Gasteiger partial charge in [-0.25, -0.2) is 9.55 Å². The Labute approximate surface area is 524 Å². The number of allylic oxidation sites excluding steroid dienone is 8. The van der Waals surface area contributed by atoms with Gasteiger partial charge in [-0.05, 0) is 84.4 Å². The molecule has 17 N–H and O–H groups in total. The van der Waals surface area contributed by atoms with Crippen LogP contribution in [0.2, 0.25) is 0 Å². The molecule has 8 rings (SSSR count). The molecular formula is C62H92N13O14P. The fraction of sp³-hybridized carbons (Fsp3) is 0.661. The van der Waals surface area contributed by atoms with E-state index in [-0.39, 0.29) is 77.2 Å². The van der Waals surface area contributed by atoms with Crippen LogP contribution in [0.4, 0.5) is 0 Å². The van der Waals surface area contributed by atoms with Crippen molar-refractivity contribution in [3.63, 3.8) is 0 Å². The highest BCUT2D eigenvalue weighted by molar-refractivity contribution is 7.47. The predicted molar refractivity (Wildman–Crippen MR) is 332 cm³/mol. The van der Waals surface area contributed by atoms with Crippen molar-refractivity contribution in [1.82, 2.24) is 20.2 Å². The van der Waals surface area contributed by atoms with Crippen LogP contribution in [-0.4, -0.2) is 132 Å². The molecule has 0 spiro atoms. The number of imidazole rings is 1. The molecular weight excluding hydrogens is 1180 g/mol. The molecule has 7 amide bonds. The number of hydrogen-bond donors (Lipinski definition) is 11. The summed E-state index contributed by atoms with van der Waals surface area (Å²) in [7, 11) is -5.05. The van der Waals surface area contributed by atoms with Crippen molar-refractivity contribution in [1.29, 1.82) is 0 Å². The van der Waals surface area contributed by atoms with Crippen LogP contribution in [0.15, 0.2) is 66.8 Å². The topological polar surface area (TPSA) is 460 Å². The fourth-order valence-corrected chi connectivity index (χ4v) is 16.9. The highest BCUT2D eigenvalue weighted by Gasteiger charge is 2.66. The molecule has 27 nitrogen and oxygen atoms in total. The van der Waals surface area contributed by atoms with Gasteiger partial charge in [-0.15, -0.1) is 0 Å². The number of aliphatic imine (C=N–C) groups is 3. The molecule has 15 atom stereocenters. The van der Waals surface area contributed by atoms with Gasteiger partial charge in [0.1, 0.15) is 18.3 Å². The second kappa shape index (κ2) is 25.7. The highest BCUT2D eigenvalue weighted by Crippen LogP contribution is 2.63. The minimum Gasteiger partial charge on any atom is -0.394 e. The summed E-state index contributed by atoms with van der Waals surface area (Å²) in [6, 6.07) is -1.04. The molecule has 7 aliphatic rings. The summed E-state index contributed by atoms with van der Waals surface area (Å²) >= 11 is 0. The van der Waals surface area contributed by atoms with Crippen molar-refractivity contribution in [2.24, 2.45) is 94.7 Å². The number of rotatable bonds is 26. The number of amides is 7. The summed E-state index contributed by atoms with van der Waals surface area (Å²) in [5.74, 6) is -7.15. The van der Waals surface area contributed by atoms with Gasteiger partial charge in [0.15, 0.2) is 6.23 Å². The first-order valence-corrected chi connectivity index (χ1v) is 32.3. The van der Waals surface area contributed by atoms with Crippen LogP contribution >= 0.6 is 7.82 Å². The molecule has 8 bridgehead atoms. The molecule has 6 aliphatic heterocycles. The van der Waals surface area contributed by atoms with Crippen molar-refractivity contribution in [3.05, 3.63) is 63.2 Å². The molecule has 494 valence electrons. The Bertz CT molecular complexity index is 3420. The Kier molecular flexibility index (Phi) is 19.8. The van der Waals surface area contributed by atoms with E-state index in [0.717, 1.165) is 17.0 Å². The van der Waals surface area contributed by atoms with Crippen molar-refractivity contribution in [3.8, 4) is 0 Å². The smallest absolute Gasteiger partial charge is 0.394 e. The van der Waals surface area contributed by atoms with Gasteiger partial charge in [-0.1, -0.05) is 45.8 Å². The summed E-state index contributed by atoms with van der Waals surface area (Å²) in [5, 5.41) is 28.3. The lowest BCUT2D eigenvalue weighted by molar-refractivity contribution is -0.124. The molecule has 7 heterocycles. The number of phosphoric ester groups is 1. The van der Waals surface area contributed by atoms with E-state index in [9.17, 15) is 53.2 Å². The normalized spacial score (nSPS) is 34.2. The number of carbonyl (C=O) groups is 7. The van der Waals surface area contributed by atoms with Gasteiger partial charge in [0, 0.05) is 150 Å². The SMILES string of the molecule is CC1=C(C)Cc2c(ncn2[C@@H]2O[C@@H](CO)[C@H](OP(=O)(O)OC(C)CNC(=O)CC[C@@]3(C)C4=N[C@H]([C@@H]3CC(N)=O)[C@]3(C)N=C(C(C)=C5N/C(=C\C6=NC(=C\4C)/[C@@H](CCC(N)=O)C6(C)C)[C@@H](CCC(N)=O)[C@]5(C)CC(N)=O)[C@@H](CCC(N)=O)[C@]3(C)CC(N)=O)[C@@H]2O)C1. The number of nitrogens with zero attached hydrogens (tertiary/aromatic N) is 5. The zero-order valence-corrected chi connectivity index (χ0v) is 54.4. The Hall–Kier alpha value is -6.74. The number of aromatic nitrogens is 2. The fourth-order valence-electron chi connectivity index (χ4n) is 15.7. The summed E-state index contributed by atoms with van der Waals surface area (Å²) in [6.45, 7) is 19.5. The molecule has 28 heteroatoms. The third kappa shape index (κ3) is 13.1. The van der Waals surface area contributed by atoms with Crippen LogP contribution in [0.25, 0.3) is 0 Å². The van der Waals surface area contributed by atoms with Crippen LogP contribution in [0.5, 0.6) is 0 Å². The number of nitrogens with one attached hydrogen (secondary N) is 2. The van der Waals surface area contributed by atoms with E-state index < -0.39 is 143 Å². The van der Waals surface area contributed by atoms with E-state index in [1.54, 1.807) is 4.57 Å². The number of fused-ring (bicyclic) bond motifs is 7. The Morgan fingerprint density at radius 3 is 2.00 bits per heavy atom. The van der Waals surface area contributed by atoms with E-state index in [1.807, 2.05) is 75.3 Å². The Balaban J connectivity index is 1.19. The minimum atomic E-state index is -5.05. The van der Waals surface area contributed by atoms with Gasteiger partial charge in [0.25, 0.3) is 0 Å². The van der Waals surface area contributed by atoms with Gasteiger partial charge in [0.2, 0.25) is 41.4 Å². The van der Waals surface area contributed by atoms with Crippen molar-refractivity contribution >= 4 is 66.3 Å². The first kappa shape index (κ1) is 69.2. The van der Waals surface area contributed by atoms with Crippen LogP contribution in [0, 0.1) is 45.3 Å². The number of nitrogens with two attached hydrogens (primary N) is 6. The van der Waals surface area contributed by atoms with Crippen LogP contribution < -0.4 is 45.0 Å². The first-order chi connectivity index (χ1) is 41.8. The maximum atomic E-state index is 14.4. The Morgan fingerprint density at radius 2 is 1.41 bits per heavy atom. The van der Waals surface area contributed by atoms with E-state index in [4.69, 9.17) is 63.2 Å². The number of aliphatic hydroxyl groups excluding tert-OH is 2. The molecule has 1 aliphatic carbocycles. The third-order valence-corrected chi connectivity index (χ3v) is 22.1. The van der Waals surface area contributed by atoms with Gasteiger partial charge >= 0.3 is 7.82 Å². The number of hydrogen-bond acceptors (Lipinski definition) is 18. The minimum absolute atomic E-state index is 0.00723. The number of primary amides is 6. The van der Waals surface area contributed by atoms with E-state index in [0.29, 0.717) is 58.2 Å². The second-order valence-electron chi connectivity index (χ2n) is 27.5. The molecule has 1 aromatic heterocycles. The van der Waals surface area contributed by atoms with E-state index >= 15 is 0 Å². The molecule has 2 unspecified atom stereocenters. The lowest BCUT2D eigenvalue weighted by atomic mass is 9.55. The highest BCUT2D eigenvalue weighted by atomic mass is 31.2. The molecule has 2 saturated heterocycles. The van der Waals surface area contributed by atoms with Crippen LogP contribution in [0.3, 0.4) is 0 Å². The summed E-state index contributed by atoms with van der Waals surface area (Å²) in [5.41, 5.74) is 38.1. The van der Waals surface area contributed by atoms with Gasteiger partial charge in [0.05, 0.1) is 36.3 Å². The molecule has 0 radical (unpaired) electrons. The monoisotopic (exact) mass is 1270 g/mol. The summed E-state index contributed by atoms with van der Waals surface area (Å²) in [4.78, 5) is 126. The Morgan fingerprint density at radius 1 is 0.811 bits per heavy atom. The molecule has 90 heavy (non-hydrogen) atoms. The number of carbonyl (C=O) groups excluding carboxylic acids is 7. The second-order valence-corrected chi connectivity index (χ2v) is 28.8. The van der Waals surface area contributed by atoms with E-state index in [2.05, 4.69) is 15.6 Å². The molecule has 0 aromatic carbocycles. The lowest BCUT2D eigenvalue weighted by Gasteiger charge is -2.48. The largest absolute Gasteiger partial charge is 0.472 e. The number of phosphoric acid groups is 1. The summed E-state index contributed by atoms with van der Waals surface area (Å²) < 4.78 is 32.4. The third-order valence-electron chi connectivity index (χ3n) is 21.0. The zero-order valence-electron chi connectivity index (χ0n) is 53.5. The van der Waals surface area contributed by atoms with Crippen molar-refractivity contribution in [2.75, 3.05) is 13.2 Å². The number of aliphatic hydroxyl groups is 2. The molecule has 1 aromatic rings. The van der Waals surface area contributed by atoms with Crippen LogP contribution in [-0.2, 0) is 64.8 Å². The zero-order chi connectivity index (χ0) is 66.7. The molecule has 0 saturated carbocycles. The van der Waals surface area contributed by atoms with Gasteiger partial charge < -0.3 is 69.4 Å². The first-order valence-electron chi connectivity index (χ1n) is 30.8. The maximum Gasteiger partial charge on any atom is 0.472 e. The lowest BCUT2D eigenvalue weighted by Crippen LogP contribution is -2.56. The maximum absolute atomic E-state index is 14.4.